The number of cyclic esters (lactones) is 1. The van der Waals surface area contributed by atoms with Crippen molar-refractivity contribution in [3.05, 3.63) is 70.0 Å². The van der Waals surface area contributed by atoms with Crippen molar-refractivity contribution < 1.29 is 24.1 Å². The van der Waals surface area contributed by atoms with Gasteiger partial charge in [0.05, 0.1) is 5.56 Å². The average Bonchev–Trinajstić information content (AvgIpc) is 2.58. The van der Waals surface area contributed by atoms with Crippen molar-refractivity contribution in [2.75, 3.05) is 0 Å². The fraction of sp³-hybridized carbons (Fsp3) is 0.350. The van der Waals surface area contributed by atoms with Gasteiger partial charge in [0.2, 0.25) is 0 Å². The van der Waals surface area contributed by atoms with Gasteiger partial charge in [0, 0.05) is 12.0 Å². The molecule has 132 valence electrons. The van der Waals surface area contributed by atoms with Crippen LogP contribution in [0, 0.1) is 5.82 Å². The number of esters is 1. The Morgan fingerprint density at radius 2 is 2.00 bits per heavy atom. The number of benzene rings is 2. The average molecular weight is 344 g/mol. The molecule has 0 saturated carbocycles. The molecule has 2 aromatic rings. The van der Waals surface area contributed by atoms with E-state index in [1.54, 1.807) is 31.2 Å². The second kappa shape index (κ2) is 7.33. The fourth-order valence-corrected chi connectivity index (χ4v) is 3.26. The highest BCUT2D eigenvalue weighted by Gasteiger charge is 2.31. The molecule has 1 aliphatic heterocycles. The number of rotatable bonds is 5. The Hall–Kier alpha value is -2.24. The van der Waals surface area contributed by atoms with Gasteiger partial charge < -0.3 is 4.74 Å². The zero-order valence-electron chi connectivity index (χ0n) is 14.3. The van der Waals surface area contributed by atoms with Gasteiger partial charge in [0.15, 0.2) is 0 Å². The van der Waals surface area contributed by atoms with E-state index in [0.717, 1.165) is 18.4 Å². The van der Waals surface area contributed by atoms with Gasteiger partial charge in [-0.2, -0.15) is 0 Å². The highest BCUT2D eigenvalue weighted by atomic mass is 19.1. The maximum absolute atomic E-state index is 15.0. The van der Waals surface area contributed by atoms with Crippen LogP contribution in [0.3, 0.4) is 0 Å². The second-order valence-corrected chi connectivity index (χ2v) is 6.40. The Labute approximate surface area is 146 Å². The normalized spacial score (nSPS) is 17.8. The second-order valence-electron chi connectivity index (χ2n) is 6.40. The zero-order valence-corrected chi connectivity index (χ0v) is 14.3. The Morgan fingerprint density at radius 3 is 2.64 bits per heavy atom. The molecule has 1 N–H and O–H groups in total. The highest BCUT2D eigenvalue weighted by molar-refractivity contribution is 5.92. The fourth-order valence-electron chi connectivity index (χ4n) is 3.26. The summed E-state index contributed by atoms with van der Waals surface area (Å²) in [6.07, 6.45) is 1.16. The molecular formula is C20H21FO4. The zero-order chi connectivity index (χ0) is 18.0. The molecule has 2 aromatic carbocycles. The Morgan fingerprint density at radius 1 is 1.28 bits per heavy atom. The van der Waals surface area contributed by atoms with Crippen LogP contribution in [0.1, 0.15) is 59.0 Å². The first kappa shape index (κ1) is 17.6. The lowest BCUT2D eigenvalue weighted by molar-refractivity contribution is -0.271. The molecular weight excluding hydrogens is 323 g/mol. The van der Waals surface area contributed by atoms with Crippen molar-refractivity contribution in [2.24, 2.45) is 0 Å². The van der Waals surface area contributed by atoms with Gasteiger partial charge in [-0.15, -0.1) is 0 Å². The summed E-state index contributed by atoms with van der Waals surface area (Å²) in [5.74, 6) is -1.38. The summed E-state index contributed by atoms with van der Waals surface area (Å²) in [7, 11) is 0. The molecule has 0 aromatic heterocycles. The summed E-state index contributed by atoms with van der Waals surface area (Å²) < 4.78 is 20.1. The first-order valence-electron chi connectivity index (χ1n) is 8.46. The molecule has 4 nitrogen and oxygen atoms in total. The largest absolute Gasteiger partial charge is 0.459 e. The molecule has 0 saturated heterocycles. The third-order valence-electron chi connectivity index (χ3n) is 4.49. The first-order chi connectivity index (χ1) is 12.0. The summed E-state index contributed by atoms with van der Waals surface area (Å²) in [6.45, 7) is 3.86. The molecule has 1 aliphatic rings. The van der Waals surface area contributed by atoms with Crippen LogP contribution < -0.4 is 0 Å². The maximum atomic E-state index is 15.0. The first-order valence-corrected chi connectivity index (χ1v) is 8.46. The van der Waals surface area contributed by atoms with E-state index in [2.05, 4.69) is 11.8 Å². The van der Waals surface area contributed by atoms with Gasteiger partial charge in [-0.3, -0.25) is 5.26 Å². The van der Waals surface area contributed by atoms with Crippen molar-refractivity contribution in [1.82, 2.24) is 0 Å². The molecule has 0 spiro atoms. The van der Waals surface area contributed by atoms with Crippen LogP contribution in [0.4, 0.5) is 4.39 Å². The van der Waals surface area contributed by atoms with Gasteiger partial charge >= 0.3 is 5.97 Å². The third kappa shape index (κ3) is 3.43. The number of fused-ring (bicyclic) bond motifs is 1. The Balaban J connectivity index is 1.99. The molecule has 3 rings (SSSR count). The van der Waals surface area contributed by atoms with E-state index >= 15 is 0 Å². The number of carbonyl (C=O) groups is 1. The minimum absolute atomic E-state index is 0.0692. The van der Waals surface area contributed by atoms with Crippen LogP contribution >= 0.6 is 0 Å². The van der Waals surface area contributed by atoms with Crippen molar-refractivity contribution in [3.8, 4) is 0 Å². The lowest BCUT2D eigenvalue weighted by atomic mass is 9.92. The smallest absolute Gasteiger partial charge is 0.341 e. The van der Waals surface area contributed by atoms with Gasteiger partial charge in [-0.05, 0) is 30.0 Å². The highest BCUT2D eigenvalue weighted by Crippen LogP contribution is 2.33. The SMILES string of the molecule is CCCc1ccc(C(OO)c2ccc3c(c2F)C(=O)OC(C)C3)cc1. The van der Waals surface area contributed by atoms with E-state index in [9.17, 15) is 14.4 Å². The number of carbonyl (C=O) groups excluding carboxylic acids is 1. The van der Waals surface area contributed by atoms with Crippen LogP contribution in [-0.4, -0.2) is 17.3 Å². The molecule has 1 heterocycles. The number of hydrogen-bond donors (Lipinski definition) is 1. The monoisotopic (exact) mass is 344 g/mol. The van der Waals surface area contributed by atoms with Crippen LogP contribution in [-0.2, 0) is 22.5 Å². The van der Waals surface area contributed by atoms with Crippen molar-refractivity contribution >= 4 is 5.97 Å². The van der Waals surface area contributed by atoms with Gasteiger partial charge in [-0.25, -0.2) is 14.1 Å². The molecule has 0 radical (unpaired) electrons. The number of halogens is 1. The van der Waals surface area contributed by atoms with E-state index in [1.165, 1.54) is 0 Å². The third-order valence-corrected chi connectivity index (χ3v) is 4.49. The van der Waals surface area contributed by atoms with Gasteiger partial charge in [-0.1, -0.05) is 49.7 Å². The Bertz CT molecular complexity index is 770. The number of hydrogen-bond acceptors (Lipinski definition) is 4. The number of aryl methyl sites for hydroxylation is 1. The van der Waals surface area contributed by atoms with E-state index in [0.29, 0.717) is 17.5 Å². The minimum Gasteiger partial charge on any atom is -0.459 e. The maximum Gasteiger partial charge on any atom is 0.341 e. The predicted octanol–water partition coefficient (Wildman–Crippen LogP) is 4.46. The molecule has 0 fully saturated rings. The minimum atomic E-state index is -1.01. The van der Waals surface area contributed by atoms with E-state index in [-0.39, 0.29) is 17.2 Å². The molecule has 0 bridgehead atoms. The van der Waals surface area contributed by atoms with Crippen LogP contribution in [0.15, 0.2) is 36.4 Å². The standard InChI is InChI=1S/C20H21FO4/c1-3-4-13-5-7-14(8-6-13)19(25-23)16-10-9-15-11-12(2)24-20(22)17(15)18(16)21/h5-10,12,19,23H,3-4,11H2,1-2H3. The predicted molar refractivity (Wildman–Crippen MR) is 91.0 cm³/mol. The van der Waals surface area contributed by atoms with E-state index in [4.69, 9.17) is 4.74 Å². The quantitative estimate of drug-likeness (QED) is 0.494. The molecule has 0 aliphatic carbocycles. The summed E-state index contributed by atoms with van der Waals surface area (Å²) in [6, 6.07) is 10.7. The van der Waals surface area contributed by atoms with E-state index < -0.39 is 17.9 Å². The Kier molecular flexibility index (Phi) is 5.16. The van der Waals surface area contributed by atoms with Crippen LogP contribution in [0.25, 0.3) is 0 Å². The van der Waals surface area contributed by atoms with Crippen molar-refractivity contribution in [2.45, 2.75) is 45.3 Å². The van der Waals surface area contributed by atoms with Crippen molar-refractivity contribution in [3.63, 3.8) is 0 Å². The van der Waals surface area contributed by atoms with Gasteiger partial charge in [0.1, 0.15) is 18.0 Å². The molecule has 2 unspecified atom stereocenters. The summed E-state index contributed by atoms with van der Waals surface area (Å²) >= 11 is 0. The molecule has 0 amide bonds. The van der Waals surface area contributed by atoms with Crippen molar-refractivity contribution in [1.29, 1.82) is 0 Å². The summed E-state index contributed by atoms with van der Waals surface area (Å²) in [5, 5.41) is 9.36. The molecule has 2 atom stereocenters. The van der Waals surface area contributed by atoms with Crippen LogP contribution in [0.5, 0.6) is 0 Å². The summed E-state index contributed by atoms with van der Waals surface area (Å²) in [4.78, 5) is 16.6. The topological polar surface area (TPSA) is 55.8 Å². The van der Waals surface area contributed by atoms with Crippen LogP contribution in [0.2, 0.25) is 0 Å². The molecule has 25 heavy (non-hydrogen) atoms. The lowest BCUT2D eigenvalue weighted by Gasteiger charge is -2.24. The lowest BCUT2D eigenvalue weighted by Crippen LogP contribution is -2.27. The van der Waals surface area contributed by atoms with Gasteiger partial charge in [0.25, 0.3) is 0 Å². The van der Waals surface area contributed by atoms with E-state index in [1.807, 2.05) is 12.1 Å². The molecule has 5 heteroatoms. The summed E-state index contributed by atoms with van der Waals surface area (Å²) in [5.41, 5.74) is 2.42. The number of ether oxygens (including phenoxy) is 1.